The van der Waals surface area contributed by atoms with E-state index in [0.717, 1.165) is 11.3 Å². The molecule has 1 amide bonds. The van der Waals surface area contributed by atoms with Gasteiger partial charge in [-0.2, -0.15) is 0 Å². The third kappa shape index (κ3) is 5.05. The molecule has 0 saturated carbocycles. The first-order valence-corrected chi connectivity index (χ1v) is 8.20. The number of hydrogen-bond acceptors (Lipinski definition) is 3. The lowest BCUT2D eigenvalue weighted by molar-refractivity contribution is -0.132. The summed E-state index contributed by atoms with van der Waals surface area (Å²) in [6.45, 7) is 0.422. The van der Waals surface area contributed by atoms with Gasteiger partial charge in [-0.1, -0.05) is 35.3 Å². The third-order valence-electron chi connectivity index (χ3n) is 3.54. The molecule has 0 radical (unpaired) electrons. The molecule has 0 aliphatic heterocycles. The van der Waals surface area contributed by atoms with Crippen LogP contribution in [0, 0.1) is 0 Å². The predicted molar refractivity (Wildman–Crippen MR) is 99.2 cm³/mol. The van der Waals surface area contributed by atoms with Crippen molar-refractivity contribution in [2.45, 2.75) is 6.54 Å². The molecule has 0 aliphatic rings. The zero-order valence-corrected chi connectivity index (χ0v) is 15.4. The molecule has 24 heavy (non-hydrogen) atoms. The summed E-state index contributed by atoms with van der Waals surface area (Å²) < 4.78 is 5.47. The van der Waals surface area contributed by atoms with Crippen LogP contribution in [0.25, 0.3) is 0 Å². The van der Waals surface area contributed by atoms with Gasteiger partial charge in [-0.25, -0.2) is 0 Å². The number of ether oxygens (including phenoxy) is 1. The number of benzene rings is 2. The lowest BCUT2D eigenvalue weighted by Gasteiger charge is -2.19. The number of halogens is 2. The van der Waals surface area contributed by atoms with E-state index in [2.05, 4.69) is 0 Å². The molecule has 0 N–H and O–H groups in total. The van der Waals surface area contributed by atoms with Gasteiger partial charge in [-0.15, -0.1) is 0 Å². The van der Waals surface area contributed by atoms with E-state index in [1.165, 1.54) is 0 Å². The van der Waals surface area contributed by atoms with Crippen molar-refractivity contribution in [3.05, 3.63) is 58.1 Å². The first kappa shape index (κ1) is 18.4. The van der Waals surface area contributed by atoms with Crippen LogP contribution in [0.15, 0.2) is 42.5 Å². The Morgan fingerprint density at radius 2 is 1.71 bits per heavy atom. The van der Waals surface area contributed by atoms with Crippen LogP contribution in [0.1, 0.15) is 5.56 Å². The Morgan fingerprint density at radius 1 is 1.04 bits per heavy atom. The number of anilines is 1. The first-order chi connectivity index (χ1) is 11.4. The van der Waals surface area contributed by atoms with Crippen molar-refractivity contribution in [2.24, 2.45) is 0 Å². The maximum absolute atomic E-state index is 12.2. The largest absolute Gasteiger partial charge is 0.482 e. The highest BCUT2D eigenvalue weighted by Gasteiger charge is 2.12. The normalized spacial score (nSPS) is 10.4. The van der Waals surface area contributed by atoms with Gasteiger partial charge in [0.05, 0.1) is 5.02 Å². The van der Waals surface area contributed by atoms with Gasteiger partial charge < -0.3 is 14.5 Å². The predicted octanol–water partition coefficient (Wildman–Crippen LogP) is 4.10. The minimum absolute atomic E-state index is 0.0909. The first-order valence-electron chi connectivity index (χ1n) is 7.45. The maximum atomic E-state index is 12.2. The fraction of sp³-hybridized carbons (Fsp3) is 0.278. The number of carbonyl (C=O) groups excluding carboxylic acids is 1. The second-order valence-corrected chi connectivity index (χ2v) is 6.52. The molecule has 0 unspecified atom stereocenters. The molecule has 0 saturated heterocycles. The molecule has 128 valence electrons. The number of likely N-dealkylation sites (N-methyl/N-ethyl adjacent to an activating group) is 1. The van der Waals surface area contributed by atoms with E-state index in [1.807, 2.05) is 43.3 Å². The van der Waals surface area contributed by atoms with Crippen molar-refractivity contribution in [1.29, 1.82) is 0 Å². The fourth-order valence-corrected chi connectivity index (χ4v) is 2.43. The van der Waals surface area contributed by atoms with Crippen LogP contribution in [0.2, 0.25) is 10.0 Å². The van der Waals surface area contributed by atoms with Crippen LogP contribution < -0.4 is 9.64 Å². The molecule has 6 heteroatoms. The van der Waals surface area contributed by atoms with Crippen LogP contribution in [-0.2, 0) is 11.3 Å². The number of nitrogens with zero attached hydrogens (tertiary/aromatic N) is 2. The highest BCUT2D eigenvalue weighted by molar-refractivity contribution is 6.34. The van der Waals surface area contributed by atoms with Crippen molar-refractivity contribution >= 4 is 34.8 Å². The standard InChI is InChI=1S/C18H20Cl2N2O2/c1-21(2)15-7-4-13(5-8-15)11-22(3)18(23)12-24-17-10-14(19)6-9-16(17)20/h4-10H,11-12H2,1-3H3. The monoisotopic (exact) mass is 366 g/mol. The van der Waals surface area contributed by atoms with Gasteiger partial charge in [0.2, 0.25) is 0 Å². The summed E-state index contributed by atoms with van der Waals surface area (Å²) in [5.41, 5.74) is 2.17. The zero-order chi connectivity index (χ0) is 17.7. The Morgan fingerprint density at radius 3 is 2.33 bits per heavy atom. The third-order valence-corrected chi connectivity index (χ3v) is 4.09. The van der Waals surface area contributed by atoms with E-state index in [4.69, 9.17) is 27.9 Å². The Bertz CT molecular complexity index is 703. The lowest BCUT2D eigenvalue weighted by atomic mass is 10.2. The SMILES string of the molecule is CN(Cc1ccc(N(C)C)cc1)C(=O)COc1cc(Cl)ccc1Cl. The molecule has 0 spiro atoms. The second kappa shape index (κ2) is 8.27. The number of carbonyl (C=O) groups is 1. The topological polar surface area (TPSA) is 32.8 Å². The maximum Gasteiger partial charge on any atom is 0.260 e. The van der Waals surface area contributed by atoms with Gasteiger partial charge in [0.15, 0.2) is 6.61 Å². The molecule has 2 aromatic rings. The number of hydrogen-bond donors (Lipinski definition) is 0. The van der Waals surface area contributed by atoms with Crippen LogP contribution in [-0.4, -0.2) is 38.6 Å². The fourth-order valence-electron chi connectivity index (χ4n) is 2.10. The van der Waals surface area contributed by atoms with Crippen molar-refractivity contribution in [2.75, 3.05) is 32.6 Å². The quantitative estimate of drug-likeness (QED) is 0.771. The Labute approximate surface area is 152 Å². The summed E-state index contributed by atoms with van der Waals surface area (Å²) in [5.74, 6) is 0.268. The van der Waals surface area contributed by atoms with E-state index in [1.54, 1.807) is 30.1 Å². The number of amides is 1. The van der Waals surface area contributed by atoms with Gasteiger partial charge in [0.25, 0.3) is 5.91 Å². The highest BCUT2D eigenvalue weighted by atomic mass is 35.5. The Kier molecular flexibility index (Phi) is 6.35. The van der Waals surface area contributed by atoms with Gasteiger partial charge in [-0.05, 0) is 29.8 Å². The average molecular weight is 367 g/mol. The summed E-state index contributed by atoms with van der Waals surface area (Å²) in [4.78, 5) is 15.9. The Hall–Kier alpha value is -1.91. The summed E-state index contributed by atoms with van der Waals surface area (Å²) in [7, 11) is 5.72. The minimum Gasteiger partial charge on any atom is -0.482 e. The molecular formula is C18H20Cl2N2O2. The lowest BCUT2D eigenvalue weighted by Crippen LogP contribution is -2.31. The summed E-state index contributed by atoms with van der Waals surface area (Å²) in [6, 6.07) is 13.0. The molecule has 2 rings (SSSR count). The van der Waals surface area contributed by atoms with Crippen molar-refractivity contribution in [3.8, 4) is 5.75 Å². The molecule has 2 aromatic carbocycles. The van der Waals surface area contributed by atoms with Crippen LogP contribution in [0.4, 0.5) is 5.69 Å². The molecule has 0 aromatic heterocycles. The van der Waals surface area contributed by atoms with E-state index in [9.17, 15) is 4.79 Å². The molecule has 0 aliphatic carbocycles. The average Bonchev–Trinajstić information content (AvgIpc) is 2.55. The van der Waals surface area contributed by atoms with Crippen molar-refractivity contribution < 1.29 is 9.53 Å². The highest BCUT2D eigenvalue weighted by Crippen LogP contribution is 2.27. The molecule has 0 fully saturated rings. The van der Waals surface area contributed by atoms with E-state index >= 15 is 0 Å². The van der Waals surface area contributed by atoms with Crippen molar-refractivity contribution in [1.82, 2.24) is 4.90 Å². The van der Waals surface area contributed by atoms with Crippen LogP contribution in [0.3, 0.4) is 0 Å². The minimum atomic E-state index is -0.136. The Balaban J connectivity index is 1.91. The molecule has 0 atom stereocenters. The molecule has 4 nitrogen and oxygen atoms in total. The smallest absolute Gasteiger partial charge is 0.260 e. The molecule has 0 heterocycles. The van der Waals surface area contributed by atoms with E-state index in [-0.39, 0.29) is 12.5 Å². The molecular weight excluding hydrogens is 347 g/mol. The van der Waals surface area contributed by atoms with Crippen LogP contribution >= 0.6 is 23.2 Å². The van der Waals surface area contributed by atoms with Gasteiger partial charge in [0, 0.05) is 44.5 Å². The zero-order valence-electron chi connectivity index (χ0n) is 13.9. The van der Waals surface area contributed by atoms with Crippen molar-refractivity contribution in [3.63, 3.8) is 0 Å². The second-order valence-electron chi connectivity index (χ2n) is 5.67. The van der Waals surface area contributed by atoms with Gasteiger partial charge >= 0.3 is 0 Å². The van der Waals surface area contributed by atoms with E-state index < -0.39 is 0 Å². The summed E-state index contributed by atoms with van der Waals surface area (Å²) >= 11 is 11.9. The van der Waals surface area contributed by atoms with Gasteiger partial charge in [-0.3, -0.25) is 4.79 Å². The van der Waals surface area contributed by atoms with Gasteiger partial charge in [0.1, 0.15) is 5.75 Å². The number of rotatable bonds is 6. The van der Waals surface area contributed by atoms with E-state index in [0.29, 0.717) is 22.3 Å². The summed E-state index contributed by atoms with van der Waals surface area (Å²) in [5, 5.41) is 0.935. The summed E-state index contributed by atoms with van der Waals surface area (Å²) in [6.07, 6.45) is 0. The van der Waals surface area contributed by atoms with Crippen LogP contribution in [0.5, 0.6) is 5.75 Å². The molecule has 0 bridgehead atoms.